The van der Waals surface area contributed by atoms with E-state index in [1.807, 2.05) is 0 Å². The van der Waals surface area contributed by atoms with Crippen molar-refractivity contribution in [3.8, 4) is 0 Å². The SMILES string of the molecule is Fc1c(C(F)F)cnc(Cl)c1F. The van der Waals surface area contributed by atoms with E-state index in [4.69, 9.17) is 11.6 Å². The minimum atomic E-state index is -3.09. The van der Waals surface area contributed by atoms with E-state index in [1.165, 1.54) is 0 Å². The van der Waals surface area contributed by atoms with Crippen LogP contribution in [0.15, 0.2) is 6.20 Å². The van der Waals surface area contributed by atoms with Crippen LogP contribution in [0.4, 0.5) is 17.6 Å². The summed E-state index contributed by atoms with van der Waals surface area (Å²) in [6.45, 7) is 0. The van der Waals surface area contributed by atoms with Gasteiger partial charge in [0, 0.05) is 6.20 Å². The van der Waals surface area contributed by atoms with E-state index < -0.39 is 28.8 Å². The fourth-order valence-corrected chi connectivity index (χ4v) is 0.741. The standard InChI is InChI=1S/C6H2ClF4N/c7-5-4(9)3(8)2(1-12-5)6(10)11/h1,6H. The number of aromatic nitrogens is 1. The molecule has 1 aromatic rings. The summed E-state index contributed by atoms with van der Waals surface area (Å²) < 4.78 is 48.7. The zero-order valence-corrected chi connectivity index (χ0v) is 6.25. The van der Waals surface area contributed by atoms with Crippen LogP contribution >= 0.6 is 11.6 Å². The smallest absolute Gasteiger partial charge is 0.241 e. The van der Waals surface area contributed by atoms with Crippen LogP contribution in [-0.4, -0.2) is 4.98 Å². The molecule has 6 heteroatoms. The number of halogens is 5. The van der Waals surface area contributed by atoms with Crippen molar-refractivity contribution in [2.45, 2.75) is 6.43 Å². The van der Waals surface area contributed by atoms with Gasteiger partial charge in [0.05, 0.1) is 5.56 Å². The lowest BCUT2D eigenvalue weighted by atomic mass is 10.3. The van der Waals surface area contributed by atoms with Crippen LogP contribution in [0, 0.1) is 11.6 Å². The summed E-state index contributed by atoms with van der Waals surface area (Å²) in [5.41, 5.74) is -1.09. The highest BCUT2D eigenvalue weighted by molar-refractivity contribution is 6.29. The van der Waals surface area contributed by atoms with Gasteiger partial charge in [0.25, 0.3) is 6.43 Å². The van der Waals surface area contributed by atoms with Crippen LogP contribution in [0.2, 0.25) is 5.15 Å². The summed E-state index contributed by atoms with van der Waals surface area (Å²) in [5.74, 6) is -3.19. The fraction of sp³-hybridized carbons (Fsp3) is 0.167. The molecule has 0 aromatic carbocycles. The van der Waals surface area contributed by atoms with Gasteiger partial charge >= 0.3 is 0 Å². The molecule has 66 valence electrons. The molecule has 0 saturated heterocycles. The number of hydrogen-bond donors (Lipinski definition) is 0. The van der Waals surface area contributed by atoms with Crippen LogP contribution in [0.5, 0.6) is 0 Å². The maximum atomic E-state index is 12.5. The second kappa shape index (κ2) is 3.26. The van der Waals surface area contributed by atoms with Gasteiger partial charge in [-0.15, -0.1) is 0 Å². The molecule has 1 heterocycles. The molecule has 0 bridgehead atoms. The lowest BCUT2D eigenvalue weighted by Crippen LogP contribution is -1.97. The summed E-state index contributed by atoms with van der Waals surface area (Å²) in [6.07, 6.45) is -2.59. The first-order valence-corrected chi connectivity index (χ1v) is 3.19. The maximum absolute atomic E-state index is 12.5. The average Bonchev–Trinajstić information content (AvgIpc) is 2.00. The Bertz CT molecular complexity index is 302. The highest BCUT2D eigenvalue weighted by Gasteiger charge is 2.19. The first-order valence-electron chi connectivity index (χ1n) is 2.81. The summed E-state index contributed by atoms with van der Waals surface area (Å²) in [7, 11) is 0. The number of rotatable bonds is 1. The Labute approximate surface area is 70.0 Å². The van der Waals surface area contributed by atoms with Gasteiger partial charge in [-0.05, 0) is 0 Å². The van der Waals surface area contributed by atoms with Crippen molar-refractivity contribution in [1.82, 2.24) is 4.98 Å². The van der Waals surface area contributed by atoms with Gasteiger partial charge in [-0.25, -0.2) is 22.5 Å². The van der Waals surface area contributed by atoms with Crippen molar-refractivity contribution in [3.63, 3.8) is 0 Å². The molecule has 1 aromatic heterocycles. The normalized spacial score (nSPS) is 10.8. The third-order valence-electron chi connectivity index (χ3n) is 1.18. The zero-order valence-electron chi connectivity index (χ0n) is 5.49. The fourth-order valence-electron chi connectivity index (χ4n) is 0.609. The number of alkyl halides is 2. The van der Waals surface area contributed by atoms with Crippen LogP contribution in [0.3, 0.4) is 0 Å². The van der Waals surface area contributed by atoms with Crippen molar-refractivity contribution in [1.29, 1.82) is 0 Å². The predicted molar refractivity (Wildman–Crippen MR) is 34.1 cm³/mol. The predicted octanol–water partition coefficient (Wildman–Crippen LogP) is 2.95. The summed E-state index contributed by atoms with van der Waals surface area (Å²) in [5, 5.41) is -0.753. The van der Waals surface area contributed by atoms with Crippen LogP contribution < -0.4 is 0 Å². The van der Waals surface area contributed by atoms with Gasteiger partial charge in [-0.3, -0.25) is 0 Å². The Kier molecular flexibility index (Phi) is 2.52. The molecule has 0 fully saturated rings. The Morgan fingerprint density at radius 3 is 2.33 bits per heavy atom. The Morgan fingerprint density at radius 2 is 1.83 bits per heavy atom. The molecule has 0 saturated carbocycles. The van der Waals surface area contributed by atoms with Gasteiger partial charge < -0.3 is 0 Å². The van der Waals surface area contributed by atoms with E-state index in [0.29, 0.717) is 6.20 Å². The molecule has 1 rings (SSSR count). The van der Waals surface area contributed by atoms with Gasteiger partial charge in [0.2, 0.25) is 0 Å². The first-order chi connectivity index (χ1) is 5.54. The van der Waals surface area contributed by atoms with Crippen LogP contribution in [0.25, 0.3) is 0 Å². The highest BCUT2D eigenvalue weighted by Crippen LogP contribution is 2.25. The first kappa shape index (κ1) is 9.25. The van der Waals surface area contributed by atoms with Gasteiger partial charge in [-0.2, -0.15) is 0 Å². The van der Waals surface area contributed by atoms with Crippen LogP contribution in [-0.2, 0) is 0 Å². The average molecular weight is 200 g/mol. The third kappa shape index (κ3) is 1.50. The molecular weight excluding hydrogens is 198 g/mol. The quantitative estimate of drug-likeness (QED) is 0.501. The van der Waals surface area contributed by atoms with Crippen molar-refractivity contribution in [3.05, 3.63) is 28.5 Å². The minimum Gasteiger partial charge on any atom is -0.241 e. The topological polar surface area (TPSA) is 12.9 Å². The molecule has 0 aliphatic carbocycles. The summed E-state index contributed by atoms with van der Waals surface area (Å²) in [6, 6.07) is 0. The van der Waals surface area contributed by atoms with E-state index in [1.54, 1.807) is 0 Å². The van der Waals surface area contributed by atoms with E-state index in [0.717, 1.165) is 0 Å². The molecule has 0 aliphatic heterocycles. The van der Waals surface area contributed by atoms with E-state index in [-0.39, 0.29) is 0 Å². The Balaban J connectivity index is 3.27. The van der Waals surface area contributed by atoms with Crippen molar-refractivity contribution in [2.75, 3.05) is 0 Å². The van der Waals surface area contributed by atoms with Crippen molar-refractivity contribution < 1.29 is 17.6 Å². The third-order valence-corrected chi connectivity index (χ3v) is 1.44. The zero-order chi connectivity index (χ0) is 9.30. The van der Waals surface area contributed by atoms with Gasteiger partial charge in [-0.1, -0.05) is 11.6 Å². The minimum absolute atomic E-state index is 0.505. The van der Waals surface area contributed by atoms with E-state index in [2.05, 4.69) is 4.98 Å². The Hall–Kier alpha value is -0.840. The number of nitrogens with zero attached hydrogens (tertiary/aromatic N) is 1. The number of hydrogen-bond acceptors (Lipinski definition) is 1. The maximum Gasteiger partial charge on any atom is 0.268 e. The van der Waals surface area contributed by atoms with E-state index in [9.17, 15) is 17.6 Å². The molecular formula is C6H2ClF4N. The molecule has 0 N–H and O–H groups in total. The van der Waals surface area contributed by atoms with Gasteiger partial charge in [0.15, 0.2) is 16.8 Å². The summed E-state index contributed by atoms with van der Waals surface area (Å²) in [4.78, 5) is 3.03. The van der Waals surface area contributed by atoms with Crippen molar-refractivity contribution in [2.24, 2.45) is 0 Å². The monoisotopic (exact) mass is 199 g/mol. The lowest BCUT2D eigenvalue weighted by molar-refractivity contribution is 0.144. The second-order valence-electron chi connectivity index (χ2n) is 1.93. The molecule has 1 nitrogen and oxygen atoms in total. The largest absolute Gasteiger partial charge is 0.268 e. The molecule has 0 aliphatic rings. The molecule has 0 amide bonds. The molecule has 0 radical (unpaired) electrons. The molecule has 12 heavy (non-hydrogen) atoms. The molecule has 0 spiro atoms. The Morgan fingerprint density at radius 1 is 1.25 bits per heavy atom. The lowest BCUT2D eigenvalue weighted by Gasteiger charge is -2.01. The summed E-state index contributed by atoms with van der Waals surface area (Å²) >= 11 is 5.02. The molecule has 0 atom stereocenters. The highest BCUT2D eigenvalue weighted by atomic mass is 35.5. The second-order valence-corrected chi connectivity index (χ2v) is 2.29. The van der Waals surface area contributed by atoms with E-state index >= 15 is 0 Å². The number of pyridine rings is 1. The molecule has 0 unspecified atom stereocenters. The van der Waals surface area contributed by atoms with Crippen LogP contribution in [0.1, 0.15) is 12.0 Å². The van der Waals surface area contributed by atoms with Gasteiger partial charge in [0.1, 0.15) is 0 Å². The van der Waals surface area contributed by atoms with Crippen molar-refractivity contribution >= 4 is 11.6 Å².